The number of hydrogen-bond acceptors (Lipinski definition) is 2. The van der Waals surface area contributed by atoms with Crippen LogP contribution in [0.5, 0.6) is 0 Å². The Labute approximate surface area is 196 Å². The average molecular weight is 489 g/mol. The summed E-state index contributed by atoms with van der Waals surface area (Å²) in [7, 11) is -1.36. The summed E-state index contributed by atoms with van der Waals surface area (Å²) in [5, 5.41) is 13.3. The molecule has 0 atom stereocenters. The number of rotatable bonds is 4. The van der Waals surface area contributed by atoms with Crippen LogP contribution < -0.4 is 10.6 Å². The second-order valence-corrected chi connectivity index (χ2v) is 12.2. The summed E-state index contributed by atoms with van der Waals surface area (Å²) in [5.41, 5.74) is 0. The van der Waals surface area contributed by atoms with Crippen molar-refractivity contribution in [3.8, 4) is 0 Å². The van der Waals surface area contributed by atoms with Crippen LogP contribution in [0.4, 0.5) is 0 Å². The maximum absolute atomic E-state index is 7.08. The summed E-state index contributed by atoms with van der Waals surface area (Å²) >= 11 is 1.27. The van der Waals surface area contributed by atoms with Gasteiger partial charge in [-0.05, 0) is 26.2 Å². The molecule has 5 heteroatoms. The molecule has 0 saturated carbocycles. The quantitative estimate of drug-likeness (QED) is 0.346. The molecule has 0 spiro atoms. The molecular weight excluding hydrogens is 438 g/mol. The van der Waals surface area contributed by atoms with Crippen molar-refractivity contribution in [1.29, 1.82) is 0 Å². The molecule has 0 saturated heterocycles. The van der Waals surface area contributed by atoms with Gasteiger partial charge in [0.25, 0.3) is 0 Å². The van der Waals surface area contributed by atoms with Gasteiger partial charge in [0.15, 0.2) is 0 Å². The van der Waals surface area contributed by atoms with E-state index < -0.39 is 8.24 Å². The van der Waals surface area contributed by atoms with Crippen LogP contribution in [0.2, 0.25) is 19.6 Å². The second kappa shape index (κ2) is 41.5. The molecule has 170 valence electrons. The van der Waals surface area contributed by atoms with E-state index in [9.17, 15) is 0 Å². The van der Waals surface area contributed by atoms with E-state index in [1.54, 1.807) is 0 Å². The van der Waals surface area contributed by atoms with Crippen molar-refractivity contribution >= 4 is 11.6 Å². The zero-order valence-corrected chi connectivity index (χ0v) is 24.4. The average Bonchev–Trinajstić information content (AvgIpc) is 3.07. The Morgan fingerprint density at radius 2 is 1.29 bits per heavy atom. The van der Waals surface area contributed by atoms with Crippen molar-refractivity contribution in [3.05, 3.63) is 49.6 Å². The van der Waals surface area contributed by atoms with Gasteiger partial charge in [0.2, 0.25) is 0 Å². The first-order valence-corrected chi connectivity index (χ1v) is 14.5. The van der Waals surface area contributed by atoms with Crippen LogP contribution in [0.25, 0.3) is 5.40 Å². The molecule has 0 heterocycles. The summed E-state index contributed by atoms with van der Waals surface area (Å²) in [4.78, 5) is 0. The molecule has 0 aromatic carbocycles. The smallest absolute Gasteiger partial charge is 0.00775 e. The van der Waals surface area contributed by atoms with Crippen molar-refractivity contribution in [2.75, 3.05) is 26.2 Å². The SMILES string of the molecule is C=[C]=[Zr].CCNCC.CCNCC.C[C-](C)C.C[Si](C)(C)[NH-].[C-]1=CC=CC1.[CH3-]. The van der Waals surface area contributed by atoms with Gasteiger partial charge in [-0.1, -0.05) is 55.6 Å². The van der Waals surface area contributed by atoms with E-state index >= 15 is 0 Å². The van der Waals surface area contributed by atoms with E-state index in [1.807, 2.05) is 31.8 Å². The second-order valence-electron chi connectivity index (χ2n) is 6.84. The van der Waals surface area contributed by atoms with E-state index in [0.717, 1.165) is 32.6 Å². The molecule has 0 fully saturated rings. The fourth-order valence-corrected chi connectivity index (χ4v) is 0.840. The minimum absolute atomic E-state index is 0. The summed E-state index contributed by atoms with van der Waals surface area (Å²) in [6.45, 7) is 28.3. The third kappa shape index (κ3) is 198. The van der Waals surface area contributed by atoms with Crippen LogP contribution in [-0.2, 0) is 24.2 Å². The minimum Gasteiger partial charge on any atom is -0.680 e. The van der Waals surface area contributed by atoms with Crippen molar-refractivity contribution < 1.29 is 24.2 Å². The molecule has 3 nitrogen and oxygen atoms in total. The predicted molar refractivity (Wildman–Crippen MR) is 135 cm³/mol. The fraction of sp³-hybridized carbons (Fsp3) is 0.652. The maximum Gasteiger partial charge on any atom is -0.00775 e. The van der Waals surface area contributed by atoms with E-state index in [0.29, 0.717) is 0 Å². The first kappa shape index (κ1) is 42.3. The van der Waals surface area contributed by atoms with E-state index in [1.165, 1.54) is 30.2 Å². The van der Waals surface area contributed by atoms with Gasteiger partial charge in [-0.15, -0.1) is 6.42 Å². The fourth-order valence-electron chi connectivity index (χ4n) is 0.840. The van der Waals surface area contributed by atoms with Crippen molar-refractivity contribution in [3.63, 3.8) is 0 Å². The van der Waals surface area contributed by atoms with Gasteiger partial charge in [0.1, 0.15) is 0 Å². The topological polar surface area (TPSA) is 47.9 Å². The van der Waals surface area contributed by atoms with Gasteiger partial charge in [0, 0.05) is 0 Å². The van der Waals surface area contributed by atoms with Crippen LogP contribution in [0.15, 0.2) is 24.8 Å². The number of hydrogen-bond donors (Lipinski definition) is 2. The van der Waals surface area contributed by atoms with Gasteiger partial charge < -0.3 is 29.4 Å². The summed E-state index contributed by atoms with van der Waals surface area (Å²) in [5.74, 6) is 1.42. The Morgan fingerprint density at radius 3 is 1.32 bits per heavy atom. The Bertz CT molecular complexity index is 288. The summed E-state index contributed by atoms with van der Waals surface area (Å²) in [6, 6.07) is 0. The minimum atomic E-state index is -1.36. The Kier molecular flexibility index (Phi) is 62.6. The van der Waals surface area contributed by atoms with Crippen molar-refractivity contribution in [2.45, 2.75) is 74.5 Å². The van der Waals surface area contributed by atoms with Crippen molar-refractivity contribution in [1.82, 2.24) is 10.6 Å². The molecule has 3 N–H and O–H groups in total. The van der Waals surface area contributed by atoms with Crippen LogP contribution in [0.3, 0.4) is 0 Å². The molecule has 0 amide bonds. The molecule has 1 aliphatic rings. The Morgan fingerprint density at radius 1 is 1.04 bits per heavy atom. The molecular formula is C23H51N3SiZr-4. The number of nitrogens with one attached hydrogen (secondary N) is 3. The zero-order valence-electron chi connectivity index (χ0n) is 21.0. The number of allylic oxidation sites excluding steroid dienone is 4. The first-order valence-electron chi connectivity index (χ1n) is 9.81. The van der Waals surface area contributed by atoms with E-state index in [2.05, 4.69) is 81.2 Å². The van der Waals surface area contributed by atoms with Gasteiger partial charge in [-0.25, -0.2) is 12.2 Å². The summed E-state index contributed by atoms with van der Waals surface area (Å²) < 4.78 is 2.59. The van der Waals surface area contributed by atoms with Gasteiger partial charge in [0.05, 0.1) is 0 Å². The van der Waals surface area contributed by atoms with Gasteiger partial charge >= 0.3 is 34.2 Å². The Hall–Kier alpha value is 0.110. The van der Waals surface area contributed by atoms with Crippen LogP contribution in [0, 0.1) is 19.4 Å². The molecule has 28 heavy (non-hydrogen) atoms. The van der Waals surface area contributed by atoms with Crippen LogP contribution in [0.1, 0.15) is 54.9 Å². The molecule has 0 aliphatic heterocycles. The molecule has 0 aromatic heterocycles. The molecule has 0 bridgehead atoms. The van der Waals surface area contributed by atoms with Crippen LogP contribution >= 0.6 is 0 Å². The van der Waals surface area contributed by atoms with E-state index in [-0.39, 0.29) is 7.43 Å². The predicted octanol–water partition coefficient (Wildman–Crippen LogP) is 6.60. The molecule has 0 aromatic rings. The largest absolute Gasteiger partial charge is 0.680 e. The molecule has 0 unspecified atom stereocenters. The Balaban J connectivity index is -0.0000000519. The molecule has 1 rings (SSSR count). The third-order valence-corrected chi connectivity index (χ3v) is 1.59. The standard InChI is InChI=1S/C5H5.2C4H11N.C4H9.C3H10NSi.C2H2.CH3.Zr/c1-2-4-5-3-1;2*1-3-5-4-2;1-4(2)3;1-5(2,3)4;1-2;;/h1-3H,4H2;2*5H,3-4H2,1-2H3;1-3H3;4H,1-3H3;1H2;1H3;/q-1;;;2*-1;;-1;. The van der Waals surface area contributed by atoms with Crippen LogP contribution in [-0.4, -0.2) is 37.8 Å². The van der Waals surface area contributed by atoms with E-state index in [4.69, 9.17) is 5.40 Å². The third-order valence-electron chi connectivity index (χ3n) is 1.59. The van der Waals surface area contributed by atoms with Crippen molar-refractivity contribution in [2.24, 2.45) is 0 Å². The summed E-state index contributed by atoms with van der Waals surface area (Å²) in [6.07, 6.45) is 10.0. The first-order chi connectivity index (χ1) is 12.5. The monoisotopic (exact) mass is 487 g/mol. The zero-order chi connectivity index (χ0) is 22.6. The van der Waals surface area contributed by atoms with Gasteiger partial charge in [-0.3, -0.25) is 6.08 Å². The van der Waals surface area contributed by atoms with Gasteiger partial charge in [-0.2, -0.15) is 26.8 Å². The molecule has 1 aliphatic carbocycles. The normalized spacial score (nSPS) is 9.82. The maximum atomic E-state index is 7.08. The molecule has 0 radical (unpaired) electrons.